The van der Waals surface area contributed by atoms with Crippen molar-refractivity contribution in [3.05, 3.63) is 46.8 Å². The van der Waals surface area contributed by atoms with Crippen LogP contribution in [0.15, 0.2) is 24.3 Å². The van der Waals surface area contributed by atoms with Gasteiger partial charge in [-0.1, -0.05) is 6.07 Å². The van der Waals surface area contributed by atoms with E-state index in [0.717, 1.165) is 42.2 Å². The molecule has 2 N–H and O–H groups in total. The Hall–Kier alpha value is -2.17. The molecule has 202 valence electrons. The molecule has 1 aromatic heterocycles. The van der Waals surface area contributed by atoms with Crippen LogP contribution < -0.4 is 0 Å². The molecule has 0 spiro atoms. The van der Waals surface area contributed by atoms with E-state index in [1.54, 1.807) is 6.07 Å². The molecule has 2 aliphatic heterocycles. The largest absolute Gasteiger partial charge is 0.508 e. The fourth-order valence-electron chi connectivity index (χ4n) is 7.28. The van der Waals surface area contributed by atoms with Crippen molar-refractivity contribution in [1.82, 2.24) is 19.6 Å². The van der Waals surface area contributed by atoms with Crippen LogP contribution in [0.1, 0.15) is 67.5 Å². The lowest BCUT2D eigenvalue weighted by molar-refractivity contribution is -0.149. The minimum atomic E-state index is -2.90. The number of alkyl halides is 4. The second-order valence-electron chi connectivity index (χ2n) is 11.4. The zero-order valence-electron chi connectivity index (χ0n) is 20.8. The fraction of sp³-hybridized carbons (Fsp3) is 0.667. The van der Waals surface area contributed by atoms with Crippen molar-refractivity contribution < 1.29 is 27.8 Å². The second kappa shape index (κ2) is 9.24. The van der Waals surface area contributed by atoms with Crippen molar-refractivity contribution in [3.63, 3.8) is 0 Å². The zero-order chi connectivity index (χ0) is 25.9. The van der Waals surface area contributed by atoms with E-state index < -0.39 is 35.3 Å². The number of benzene rings is 1. The minimum absolute atomic E-state index is 0.0102. The van der Waals surface area contributed by atoms with Crippen LogP contribution in [0.2, 0.25) is 0 Å². The van der Waals surface area contributed by atoms with Crippen molar-refractivity contribution >= 4 is 0 Å². The van der Waals surface area contributed by atoms with Gasteiger partial charge in [-0.3, -0.25) is 9.58 Å². The van der Waals surface area contributed by atoms with E-state index in [2.05, 4.69) is 14.9 Å². The number of hydrogen-bond acceptors (Lipinski definition) is 5. The maximum atomic E-state index is 13.5. The smallest absolute Gasteiger partial charge is 0.282 e. The van der Waals surface area contributed by atoms with Crippen LogP contribution in [-0.2, 0) is 18.4 Å². The number of phenolic OH excluding ortho intramolecular Hbond substituents is 1. The summed E-state index contributed by atoms with van der Waals surface area (Å²) in [6.45, 7) is 3.57. The maximum absolute atomic E-state index is 13.5. The van der Waals surface area contributed by atoms with E-state index >= 15 is 0 Å². The van der Waals surface area contributed by atoms with Gasteiger partial charge in [0.25, 0.3) is 12.9 Å². The van der Waals surface area contributed by atoms with Gasteiger partial charge >= 0.3 is 0 Å². The maximum Gasteiger partial charge on any atom is 0.282 e. The fourth-order valence-corrected chi connectivity index (χ4v) is 7.28. The summed E-state index contributed by atoms with van der Waals surface area (Å²) in [6, 6.07) is 6.32. The molecule has 2 aliphatic carbocycles. The lowest BCUT2D eigenvalue weighted by Gasteiger charge is -2.61. The quantitative estimate of drug-likeness (QED) is 0.532. The Bertz CT molecular complexity index is 1160. The molecular formula is C27H34F4N4O2. The van der Waals surface area contributed by atoms with Gasteiger partial charge < -0.3 is 15.1 Å². The van der Waals surface area contributed by atoms with E-state index in [0.29, 0.717) is 38.4 Å². The number of likely N-dealkylation sites (tertiary alicyclic amines) is 2. The average molecular weight is 523 g/mol. The SMILES string of the molecule is Oc1ccc2c(c1)[C@@]13CCN(CCn4nc(C(F)F)cc4C(F)F)CC[C@@]1(O)[C@@H](C2)N(CC1CC1)CC3. The highest BCUT2D eigenvalue weighted by Gasteiger charge is 2.63. The second-order valence-corrected chi connectivity index (χ2v) is 11.4. The lowest BCUT2D eigenvalue weighted by Crippen LogP contribution is -2.71. The molecule has 0 unspecified atom stereocenters. The van der Waals surface area contributed by atoms with Crippen molar-refractivity contribution in [2.75, 3.05) is 32.7 Å². The molecule has 3 atom stereocenters. The Morgan fingerprint density at radius 3 is 2.46 bits per heavy atom. The van der Waals surface area contributed by atoms with Crippen molar-refractivity contribution in [2.45, 2.75) is 75.0 Å². The van der Waals surface area contributed by atoms with E-state index in [9.17, 15) is 27.8 Å². The van der Waals surface area contributed by atoms with Gasteiger partial charge in [0.2, 0.25) is 0 Å². The van der Waals surface area contributed by atoms with Crippen LogP contribution >= 0.6 is 0 Å². The van der Waals surface area contributed by atoms with E-state index in [1.807, 2.05) is 12.1 Å². The summed E-state index contributed by atoms with van der Waals surface area (Å²) in [6.07, 6.45) is -0.562. The summed E-state index contributed by atoms with van der Waals surface area (Å²) in [7, 11) is 0. The summed E-state index contributed by atoms with van der Waals surface area (Å²) in [5.74, 6) is 0.902. The zero-order valence-corrected chi connectivity index (χ0v) is 20.8. The third-order valence-electron chi connectivity index (χ3n) is 9.43. The predicted octanol–water partition coefficient (Wildman–Crippen LogP) is 4.27. The van der Waals surface area contributed by atoms with Crippen LogP contribution in [-0.4, -0.2) is 74.2 Å². The van der Waals surface area contributed by atoms with Gasteiger partial charge in [0.1, 0.15) is 17.1 Å². The molecule has 3 heterocycles. The van der Waals surface area contributed by atoms with Gasteiger partial charge in [-0.2, -0.15) is 5.10 Å². The molecule has 1 saturated carbocycles. The first-order valence-electron chi connectivity index (χ1n) is 13.4. The molecule has 6 rings (SSSR count). The summed E-state index contributed by atoms with van der Waals surface area (Å²) >= 11 is 0. The van der Waals surface area contributed by atoms with E-state index in [-0.39, 0.29) is 18.3 Å². The highest BCUT2D eigenvalue weighted by molar-refractivity contribution is 5.48. The lowest BCUT2D eigenvalue weighted by atomic mass is 9.52. The number of fused-ring (bicyclic) bond motifs is 1. The molecule has 2 bridgehead atoms. The minimum Gasteiger partial charge on any atom is -0.508 e. The Kier molecular flexibility index (Phi) is 6.27. The van der Waals surface area contributed by atoms with Gasteiger partial charge in [0.05, 0.1) is 12.1 Å². The molecule has 2 aromatic rings. The first-order chi connectivity index (χ1) is 17.7. The Balaban J connectivity index is 1.27. The summed E-state index contributed by atoms with van der Waals surface area (Å²) in [5, 5.41) is 26.6. The summed E-state index contributed by atoms with van der Waals surface area (Å²) in [4.78, 5) is 4.61. The van der Waals surface area contributed by atoms with Crippen LogP contribution in [0.5, 0.6) is 5.75 Å². The molecule has 3 fully saturated rings. The van der Waals surface area contributed by atoms with Gasteiger partial charge in [0, 0.05) is 31.1 Å². The van der Waals surface area contributed by atoms with Crippen LogP contribution in [0.4, 0.5) is 17.6 Å². The number of aromatic hydroxyl groups is 1. The normalized spacial score (nSPS) is 30.4. The predicted molar refractivity (Wildman–Crippen MR) is 129 cm³/mol. The number of aliphatic hydroxyl groups is 1. The van der Waals surface area contributed by atoms with Crippen molar-refractivity contribution in [3.8, 4) is 5.75 Å². The van der Waals surface area contributed by atoms with Crippen molar-refractivity contribution in [1.29, 1.82) is 0 Å². The molecule has 2 saturated heterocycles. The molecule has 0 amide bonds. The highest BCUT2D eigenvalue weighted by atomic mass is 19.3. The first kappa shape index (κ1) is 25.1. The number of hydrogen-bond donors (Lipinski definition) is 2. The molecule has 10 heteroatoms. The van der Waals surface area contributed by atoms with Crippen LogP contribution in [0, 0.1) is 5.92 Å². The third-order valence-corrected chi connectivity index (χ3v) is 9.43. The number of aromatic nitrogens is 2. The van der Waals surface area contributed by atoms with Gasteiger partial charge in [-0.25, -0.2) is 17.6 Å². The van der Waals surface area contributed by atoms with Crippen LogP contribution in [0.25, 0.3) is 0 Å². The number of nitrogens with zero attached hydrogens (tertiary/aromatic N) is 4. The molecule has 6 nitrogen and oxygen atoms in total. The first-order valence-corrected chi connectivity index (χ1v) is 13.4. The topological polar surface area (TPSA) is 64.8 Å². The van der Waals surface area contributed by atoms with Gasteiger partial charge in [-0.15, -0.1) is 0 Å². The van der Waals surface area contributed by atoms with Crippen molar-refractivity contribution in [2.24, 2.45) is 5.92 Å². The standard InChI is InChI=1S/C27H34F4N4O2/c28-24(29)21-15-22(25(30)31)35(32-21)12-11-33-8-5-26-6-10-34(16-17-1-2-17)23(27(26,37)7-9-33)13-18-3-4-19(36)14-20(18)26/h3-4,14-15,17,23-25,36-37H,1-2,5-13,16H2/t23-,26+,27-/m1/s1. The number of piperidine rings is 1. The average Bonchev–Trinajstić information content (AvgIpc) is 3.59. The third kappa shape index (κ3) is 4.25. The number of phenols is 1. The summed E-state index contributed by atoms with van der Waals surface area (Å²) < 4.78 is 54.1. The van der Waals surface area contributed by atoms with Crippen LogP contribution in [0.3, 0.4) is 0 Å². The molecule has 37 heavy (non-hydrogen) atoms. The van der Waals surface area contributed by atoms with E-state index in [1.165, 1.54) is 18.4 Å². The molecule has 0 radical (unpaired) electrons. The number of halogens is 4. The molecule has 1 aromatic carbocycles. The Labute approximate surface area is 213 Å². The monoisotopic (exact) mass is 522 g/mol. The molecular weight excluding hydrogens is 488 g/mol. The Morgan fingerprint density at radius 1 is 0.973 bits per heavy atom. The highest BCUT2D eigenvalue weighted by Crippen LogP contribution is 2.56. The number of rotatable bonds is 7. The Morgan fingerprint density at radius 2 is 1.73 bits per heavy atom. The van der Waals surface area contributed by atoms with Gasteiger partial charge in [-0.05, 0) is 86.9 Å². The van der Waals surface area contributed by atoms with Gasteiger partial charge in [0.15, 0.2) is 0 Å². The van der Waals surface area contributed by atoms with E-state index in [4.69, 9.17) is 0 Å². The molecule has 4 aliphatic rings. The summed E-state index contributed by atoms with van der Waals surface area (Å²) in [5.41, 5.74) is -0.384.